The van der Waals surface area contributed by atoms with Crippen LogP contribution in [0.5, 0.6) is 0 Å². The van der Waals surface area contributed by atoms with Crippen LogP contribution in [0.2, 0.25) is 0 Å². The van der Waals surface area contributed by atoms with Gasteiger partial charge in [0.1, 0.15) is 6.54 Å². The molecule has 2 N–H and O–H groups in total. The molecule has 3 rings (SSSR count). The quantitative estimate of drug-likeness (QED) is 0.805. The van der Waals surface area contributed by atoms with Crippen molar-refractivity contribution >= 4 is 22.9 Å². The van der Waals surface area contributed by atoms with Gasteiger partial charge in [-0.05, 0) is 12.1 Å². The van der Waals surface area contributed by atoms with Crippen LogP contribution in [0.1, 0.15) is 6.42 Å². The molecule has 2 heterocycles. The maximum atomic E-state index is 12.3. The first-order valence-electron chi connectivity index (χ1n) is 7.21. The van der Waals surface area contributed by atoms with Gasteiger partial charge in [-0.25, -0.2) is 9.59 Å². The molecule has 2 aromatic rings. The lowest BCUT2D eigenvalue weighted by atomic mass is 9.99. The number of ether oxygens (including phenoxy) is 1. The van der Waals surface area contributed by atoms with Crippen LogP contribution >= 0.6 is 0 Å². The topological polar surface area (TPSA) is 103 Å². The van der Waals surface area contributed by atoms with Gasteiger partial charge in [-0.15, -0.1) is 0 Å². The Morgan fingerprint density at radius 2 is 2.04 bits per heavy atom. The number of nitrogens with one attached hydrogen (secondary N) is 1. The Kier molecular flexibility index (Phi) is 3.69. The Morgan fingerprint density at radius 1 is 1.35 bits per heavy atom. The van der Waals surface area contributed by atoms with Gasteiger partial charge < -0.3 is 15.2 Å². The fourth-order valence-corrected chi connectivity index (χ4v) is 2.85. The van der Waals surface area contributed by atoms with Crippen LogP contribution in [0.15, 0.2) is 29.1 Å². The molecule has 1 aromatic carbocycles. The van der Waals surface area contributed by atoms with Gasteiger partial charge in [-0.2, -0.15) is 0 Å². The smallest absolute Gasteiger partial charge is 0.331 e. The molecule has 0 saturated carbocycles. The highest BCUT2D eigenvalue weighted by atomic mass is 16.5. The van der Waals surface area contributed by atoms with Gasteiger partial charge in [0.15, 0.2) is 5.54 Å². The minimum atomic E-state index is -1.41. The number of benzene rings is 1. The van der Waals surface area contributed by atoms with Crippen molar-refractivity contribution in [1.29, 1.82) is 0 Å². The Hall–Kier alpha value is -2.61. The Bertz CT molecular complexity index is 829. The molecule has 1 unspecified atom stereocenters. The largest absolute Gasteiger partial charge is 0.479 e. The number of aryl methyl sites for hydroxylation is 1. The van der Waals surface area contributed by atoms with Crippen molar-refractivity contribution in [2.45, 2.75) is 18.5 Å². The molecule has 8 heteroatoms. The van der Waals surface area contributed by atoms with Gasteiger partial charge in [0, 0.05) is 20.1 Å². The summed E-state index contributed by atoms with van der Waals surface area (Å²) >= 11 is 0. The highest BCUT2D eigenvalue weighted by Crippen LogP contribution is 2.19. The van der Waals surface area contributed by atoms with Crippen molar-refractivity contribution < 1.29 is 19.4 Å². The first-order chi connectivity index (χ1) is 10.9. The molecular formula is C15H17N3O5. The normalized spacial score (nSPS) is 20.7. The molecule has 1 aliphatic rings. The van der Waals surface area contributed by atoms with Crippen LogP contribution in [0.25, 0.3) is 11.0 Å². The van der Waals surface area contributed by atoms with E-state index in [9.17, 15) is 19.5 Å². The second kappa shape index (κ2) is 5.54. The zero-order chi connectivity index (χ0) is 16.6. The Balaban J connectivity index is 1.88. The van der Waals surface area contributed by atoms with Gasteiger partial charge in [0.2, 0.25) is 5.91 Å². The number of para-hydroxylation sites is 2. The summed E-state index contributed by atoms with van der Waals surface area (Å²) in [6.45, 7) is -0.0332. The second-order valence-electron chi connectivity index (χ2n) is 5.65. The van der Waals surface area contributed by atoms with E-state index in [1.54, 1.807) is 25.2 Å². The van der Waals surface area contributed by atoms with Crippen LogP contribution in [-0.2, 0) is 27.9 Å². The molecule has 1 fully saturated rings. The summed E-state index contributed by atoms with van der Waals surface area (Å²) in [5.74, 6) is -1.66. The summed E-state index contributed by atoms with van der Waals surface area (Å²) in [5.41, 5.74) is -0.399. The van der Waals surface area contributed by atoms with Crippen LogP contribution in [0, 0.1) is 0 Å². The van der Waals surface area contributed by atoms with Crippen LogP contribution in [-0.4, -0.2) is 44.9 Å². The third kappa shape index (κ3) is 2.50. The monoisotopic (exact) mass is 319 g/mol. The summed E-state index contributed by atoms with van der Waals surface area (Å²) in [6.07, 6.45) is 0.207. The number of carbonyl (C=O) groups excluding carboxylic acids is 1. The molecule has 1 aliphatic heterocycles. The van der Waals surface area contributed by atoms with Gasteiger partial charge >= 0.3 is 11.7 Å². The van der Waals surface area contributed by atoms with Crippen molar-refractivity contribution in [2.75, 3.05) is 13.2 Å². The molecule has 0 spiro atoms. The summed E-state index contributed by atoms with van der Waals surface area (Å²) < 4.78 is 7.88. The Morgan fingerprint density at radius 3 is 2.65 bits per heavy atom. The molecule has 1 amide bonds. The lowest BCUT2D eigenvalue weighted by Gasteiger charge is -2.23. The molecule has 0 radical (unpaired) electrons. The maximum Gasteiger partial charge on any atom is 0.331 e. The van der Waals surface area contributed by atoms with Crippen molar-refractivity contribution in [2.24, 2.45) is 7.05 Å². The number of aromatic nitrogens is 2. The van der Waals surface area contributed by atoms with Gasteiger partial charge in [-0.1, -0.05) is 12.1 Å². The predicted octanol–water partition coefficient (Wildman–Crippen LogP) is -0.300. The third-order valence-corrected chi connectivity index (χ3v) is 4.16. The van der Waals surface area contributed by atoms with Gasteiger partial charge in [0.25, 0.3) is 0 Å². The van der Waals surface area contributed by atoms with Crippen molar-refractivity contribution in [3.05, 3.63) is 34.7 Å². The fraction of sp³-hybridized carbons (Fsp3) is 0.400. The van der Waals surface area contributed by atoms with Crippen LogP contribution in [0.3, 0.4) is 0 Å². The highest BCUT2D eigenvalue weighted by molar-refractivity contribution is 5.88. The summed E-state index contributed by atoms with van der Waals surface area (Å²) in [4.78, 5) is 36.0. The lowest BCUT2D eigenvalue weighted by molar-refractivity contribution is -0.147. The second-order valence-corrected chi connectivity index (χ2v) is 5.65. The number of amides is 1. The minimum absolute atomic E-state index is 0.0709. The summed E-state index contributed by atoms with van der Waals surface area (Å²) in [5, 5.41) is 11.9. The first-order valence-corrected chi connectivity index (χ1v) is 7.21. The third-order valence-electron chi connectivity index (χ3n) is 4.16. The maximum absolute atomic E-state index is 12.3. The standard InChI is InChI=1S/C15H17N3O5/c1-17-10-4-2-3-5-11(10)18(14(17)22)8-12(19)16-15(13(20)21)6-7-23-9-15/h2-5H,6-9H2,1H3,(H,16,19)(H,20,21). The number of hydrogen-bond acceptors (Lipinski definition) is 4. The number of nitrogens with zero attached hydrogens (tertiary/aromatic N) is 2. The average Bonchev–Trinajstić information content (AvgIpc) is 3.08. The molecular weight excluding hydrogens is 302 g/mol. The average molecular weight is 319 g/mol. The number of carboxylic acid groups (broad SMARTS) is 1. The zero-order valence-electron chi connectivity index (χ0n) is 12.6. The molecule has 8 nitrogen and oxygen atoms in total. The molecule has 0 bridgehead atoms. The van der Waals surface area contributed by atoms with E-state index in [0.717, 1.165) is 0 Å². The van der Waals surface area contributed by atoms with Crippen molar-refractivity contribution in [1.82, 2.24) is 14.5 Å². The SMILES string of the molecule is Cn1c(=O)n(CC(=O)NC2(C(=O)O)CCOC2)c2ccccc21. The van der Waals surface area contributed by atoms with E-state index < -0.39 is 17.4 Å². The summed E-state index contributed by atoms with van der Waals surface area (Å²) in [6, 6.07) is 7.12. The van der Waals surface area contributed by atoms with Crippen molar-refractivity contribution in [3.63, 3.8) is 0 Å². The molecule has 0 aliphatic carbocycles. The van der Waals surface area contributed by atoms with E-state index in [1.165, 1.54) is 9.13 Å². The van der Waals surface area contributed by atoms with Crippen molar-refractivity contribution in [3.8, 4) is 0 Å². The lowest BCUT2D eigenvalue weighted by Crippen LogP contribution is -2.56. The predicted molar refractivity (Wildman–Crippen MR) is 81.1 cm³/mol. The molecule has 1 aromatic heterocycles. The van der Waals surface area contributed by atoms with Gasteiger partial charge in [-0.3, -0.25) is 13.9 Å². The van der Waals surface area contributed by atoms with E-state index in [0.29, 0.717) is 11.0 Å². The summed E-state index contributed by atoms with van der Waals surface area (Å²) in [7, 11) is 1.63. The van der Waals surface area contributed by atoms with Crippen LogP contribution < -0.4 is 11.0 Å². The first kappa shape index (κ1) is 15.3. The number of carboxylic acids is 1. The minimum Gasteiger partial charge on any atom is -0.479 e. The van der Waals surface area contributed by atoms with E-state index in [4.69, 9.17) is 4.74 Å². The number of carbonyl (C=O) groups is 2. The van der Waals surface area contributed by atoms with Gasteiger partial charge in [0.05, 0.1) is 17.6 Å². The van der Waals surface area contributed by atoms with Crippen LogP contribution in [0.4, 0.5) is 0 Å². The van der Waals surface area contributed by atoms with E-state index in [1.807, 2.05) is 6.07 Å². The zero-order valence-corrected chi connectivity index (χ0v) is 12.6. The number of rotatable bonds is 4. The molecule has 1 saturated heterocycles. The molecule has 122 valence electrons. The highest BCUT2D eigenvalue weighted by Gasteiger charge is 2.43. The van der Waals surface area contributed by atoms with E-state index in [-0.39, 0.29) is 31.9 Å². The fourth-order valence-electron chi connectivity index (χ4n) is 2.85. The number of imidazole rings is 1. The number of fused-ring (bicyclic) bond motifs is 1. The number of aliphatic carboxylic acids is 1. The van der Waals surface area contributed by atoms with E-state index >= 15 is 0 Å². The molecule has 1 atom stereocenters. The Labute approximate surface area is 131 Å². The number of hydrogen-bond donors (Lipinski definition) is 2. The molecule has 23 heavy (non-hydrogen) atoms. The van der Waals surface area contributed by atoms with E-state index in [2.05, 4.69) is 5.32 Å².